The predicted molar refractivity (Wildman–Crippen MR) is 85.5 cm³/mol. The van der Waals surface area contributed by atoms with Gasteiger partial charge in [0, 0.05) is 6.04 Å². The van der Waals surface area contributed by atoms with Gasteiger partial charge >= 0.3 is 0 Å². The van der Waals surface area contributed by atoms with E-state index in [9.17, 15) is 0 Å². The summed E-state index contributed by atoms with van der Waals surface area (Å²) in [5.41, 5.74) is 8.00. The van der Waals surface area contributed by atoms with E-state index in [-0.39, 0.29) is 0 Å². The highest BCUT2D eigenvalue weighted by Crippen LogP contribution is 2.40. The van der Waals surface area contributed by atoms with E-state index in [0.717, 1.165) is 17.5 Å². The predicted octanol–water partition coefficient (Wildman–Crippen LogP) is 5.07. The molecule has 2 aromatic rings. The summed E-state index contributed by atoms with van der Waals surface area (Å²) in [5, 5.41) is 1.09. The SMILES string of the molecule is CCC1CCCCC1n1c(N)nc2cc(Cl)c(Cl)cc21. The van der Waals surface area contributed by atoms with E-state index in [1.165, 1.54) is 25.7 Å². The molecule has 2 atom stereocenters. The largest absolute Gasteiger partial charge is 0.369 e. The number of imidazole rings is 1. The van der Waals surface area contributed by atoms with E-state index in [0.29, 0.717) is 28.0 Å². The molecule has 3 rings (SSSR count). The van der Waals surface area contributed by atoms with Gasteiger partial charge in [0.25, 0.3) is 0 Å². The number of nitrogens with zero attached hydrogens (tertiary/aromatic N) is 2. The maximum absolute atomic E-state index is 6.17. The normalized spacial score (nSPS) is 23.4. The molecule has 3 nitrogen and oxygen atoms in total. The lowest BCUT2D eigenvalue weighted by Gasteiger charge is -2.32. The number of benzene rings is 1. The van der Waals surface area contributed by atoms with E-state index < -0.39 is 0 Å². The third kappa shape index (κ3) is 2.27. The van der Waals surface area contributed by atoms with Crippen LogP contribution < -0.4 is 5.73 Å². The zero-order valence-electron chi connectivity index (χ0n) is 11.6. The fourth-order valence-electron chi connectivity index (χ4n) is 3.46. The van der Waals surface area contributed by atoms with Crippen LogP contribution in [0.1, 0.15) is 45.1 Å². The van der Waals surface area contributed by atoms with Gasteiger partial charge in [-0.05, 0) is 30.9 Å². The second-order valence-corrected chi connectivity index (χ2v) is 6.43. The van der Waals surface area contributed by atoms with Crippen molar-refractivity contribution in [3.05, 3.63) is 22.2 Å². The van der Waals surface area contributed by atoms with Crippen molar-refractivity contribution in [1.29, 1.82) is 0 Å². The summed E-state index contributed by atoms with van der Waals surface area (Å²) in [4.78, 5) is 4.46. The Labute approximate surface area is 129 Å². The minimum Gasteiger partial charge on any atom is -0.369 e. The lowest BCUT2D eigenvalue weighted by atomic mass is 9.82. The number of hydrogen-bond acceptors (Lipinski definition) is 2. The third-order valence-corrected chi connectivity index (χ3v) is 5.21. The summed E-state index contributed by atoms with van der Waals surface area (Å²) in [7, 11) is 0. The van der Waals surface area contributed by atoms with Gasteiger partial charge in [0.15, 0.2) is 0 Å². The quantitative estimate of drug-likeness (QED) is 0.841. The van der Waals surface area contributed by atoms with Crippen LogP contribution in [-0.4, -0.2) is 9.55 Å². The minimum absolute atomic E-state index is 0.427. The van der Waals surface area contributed by atoms with Crippen molar-refractivity contribution in [1.82, 2.24) is 9.55 Å². The van der Waals surface area contributed by atoms with Gasteiger partial charge in [0.1, 0.15) is 0 Å². The molecule has 1 aromatic carbocycles. The highest BCUT2D eigenvalue weighted by molar-refractivity contribution is 6.42. The number of rotatable bonds is 2. The van der Waals surface area contributed by atoms with E-state index in [4.69, 9.17) is 28.9 Å². The van der Waals surface area contributed by atoms with Gasteiger partial charge in [-0.3, -0.25) is 0 Å². The van der Waals surface area contributed by atoms with Crippen molar-refractivity contribution in [2.45, 2.75) is 45.1 Å². The van der Waals surface area contributed by atoms with E-state index in [1.54, 1.807) is 6.07 Å². The zero-order valence-corrected chi connectivity index (χ0v) is 13.1. The number of anilines is 1. The molecule has 0 bridgehead atoms. The first-order valence-electron chi connectivity index (χ1n) is 7.24. The van der Waals surface area contributed by atoms with Crippen molar-refractivity contribution in [2.24, 2.45) is 5.92 Å². The van der Waals surface area contributed by atoms with Gasteiger partial charge in [-0.25, -0.2) is 4.98 Å². The summed E-state index contributed by atoms with van der Waals surface area (Å²) < 4.78 is 2.17. The molecule has 0 amide bonds. The summed E-state index contributed by atoms with van der Waals surface area (Å²) in [5.74, 6) is 1.24. The third-order valence-electron chi connectivity index (χ3n) is 4.48. The maximum atomic E-state index is 6.17. The Kier molecular flexibility index (Phi) is 3.83. The molecule has 1 fully saturated rings. The van der Waals surface area contributed by atoms with Gasteiger partial charge in [0.2, 0.25) is 5.95 Å². The molecule has 1 aliphatic rings. The molecule has 108 valence electrons. The summed E-state index contributed by atoms with van der Waals surface area (Å²) in [6.45, 7) is 2.25. The van der Waals surface area contributed by atoms with Crippen molar-refractivity contribution < 1.29 is 0 Å². The Bertz CT molecular complexity index is 636. The van der Waals surface area contributed by atoms with Crippen LogP contribution in [0.15, 0.2) is 12.1 Å². The fourth-order valence-corrected chi connectivity index (χ4v) is 3.78. The number of halogens is 2. The van der Waals surface area contributed by atoms with Crippen LogP contribution in [0.4, 0.5) is 5.95 Å². The first kappa shape index (κ1) is 14.0. The highest BCUT2D eigenvalue weighted by atomic mass is 35.5. The molecule has 1 aliphatic carbocycles. The van der Waals surface area contributed by atoms with Crippen LogP contribution in [0.2, 0.25) is 10.0 Å². The summed E-state index contributed by atoms with van der Waals surface area (Å²) in [6, 6.07) is 4.12. The smallest absolute Gasteiger partial charge is 0.201 e. The van der Waals surface area contributed by atoms with Crippen molar-refractivity contribution in [3.63, 3.8) is 0 Å². The zero-order chi connectivity index (χ0) is 14.3. The maximum Gasteiger partial charge on any atom is 0.201 e. The van der Waals surface area contributed by atoms with E-state index >= 15 is 0 Å². The molecule has 2 N–H and O–H groups in total. The first-order valence-corrected chi connectivity index (χ1v) is 8.00. The van der Waals surface area contributed by atoms with Crippen LogP contribution in [0.25, 0.3) is 11.0 Å². The average Bonchev–Trinajstić information content (AvgIpc) is 2.74. The van der Waals surface area contributed by atoms with Crippen molar-refractivity contribution >= 4 is 40.2 Å². The monoisotopic (exact) mass is 311 g/mol. The second kappa shape index (κ2) is 5.45. The Morgan fingerprint density at radius 1 is 1.25 bits per heavy atom. The fraction of sp³-hybridized carbons (Fsp3) is 0.533. The van der Waals surface area contributed by atoms with Crippen LogP contribution in [-0.2, 0) is 0 Å². The lowest BCUT2D eigenvalue weighted by molar-refractivity contribution is 0.239. The summed E-state index contributed by atoms with van der Waals surface area (Å²) in [6.07, 6.45) is 6.16. The van der Waals surface area contributed by atoms with Gasteiger partial charge < -0.3 is 10.3 Å². The molecule has 1 aromatic heterocycles. The molecule has 0 saturated heterocycles. The van der Waals surface area contributed by atoms with Gasteiger partial charge in [0.05, 0.1) is 21.1 Å². The molecule has 0 spiro atoms. The molecule has 1 saturated carbocycles. The van der Waals surface area contributed by atoms with Crippen LogP contribution in [0.5, 0.6) is 0 Å². The molecule has 2 unspecified atom stereocenters. The Morgan fingerprint density at radius 2 is 1.95 bits per heavy atom. The molecule has 0 aliphatic heterocycles. The molecular formula is C15H19Cl2N3. The standard InChI is InChI=1S/C15H19Cl2N3/c1-2-9-5-3-4-6-13(9)20-14-8-11(17)10(16)7-12(14)19-15(20)18/h7-9,13H,2-6H2,1H3,(H2,18,19). The van der Waals surface area contributed by atoms with Crippen LogP contribution >= 0.6 is 23.2 Å². The molecular weight excluding hydrogens is 293 g/mol. The number of nitrogens with two attached hydrogens (primary N) is 1. The first-order chi connectivity index (χ1) is 9.61. The average molecular weight is 312 g/mol. The summed E-state index contributed by atoms with van der Waals surface area (Å²) >= 11 is 12.2. The molecule has 5 heteroatoms. The number of fused-ring (bicyclic) bond motifs is 1. The van der Waals surface area contributed by atoms with Crippen LogP contribution in [0.3, 0.4) is 0 Å². The number of hydrogen-bond donors (Lipinski definition) is 1. The van der Waals surface area contributed by atoms with Gasteiger partial charge in [-0.2, -0.15) is 0 Å². The van der Waals surface area contributed by atoms with E-state index in [2.05, 4.69) is 16.5 Å². The van der Waals surface area contributed by atoms with Crippen molar-refractivity contribution in [3.8, 4) is 0 Å². The number of nitrogen functional groups attached to an aromatic ring is 1. The second-order valence-electron chi connectivity index (χ2n) is 5.62. The van der Waals surface area contributed by atoms with Crippen LogP contribution in [0, 0.1) is 5.92 Å². The molecule has 0 radical (unpaired) electrons. The van der Waals surface area contributed by atoms with E-state index in [1.807, 2.05) is 6.07 Å². The minimum atomic E-state index is 0.427. The topological polar surface area (TPSA) is 43.8 Å². The Hall–Kier alpha value is -0.930. The van der Waals surface area contributed by atoms with Gasteiger partial charge in [-0.15, -0.1) is 0 Å². The molecule has 20 heavy (non-hydrogen) atoms. The lowest BCUT2D eigenvalue weighted by Crippen LogP contribution is -2.23. The van der Waals surface area contributed by atoms with Crippen molar-refractivity contribution in [2.75, 3.05) is 5.73 Å². The Balaban J connectivity index is 2.14. The van der Waals surface area contributed by atoms with Gasteiger partial charge in [-0.1, -0.05) is 49.4 Å². The number of aromatic nitrogens is 2. The Morgan fingerprint density at radius 3 is 2.70 bits per heavy atom. The highest BCUT2D eigenvalue weighted by Gasteiger charge is 2.28. The molecule has 1 heterocycles.